The van der Waals surface area contributed by atoms with Crippen molar-refractivity contribution in [3.63, 3.8) is 0 Å². The molecular formula is C11H19N5O3S. The van der Waals surface area contributed by atoms with Crippen LogP contribution in [0.3, 0.4) is 0 Å². The Balaban J connectivity index is 2.11. The SMILES string of the molecule is CNC(=O)c1cn(C[C@H]2CCCCN2S(C)(=O)=O)nn1. The number of amides is 1. The summed E-state index contributed by atoms with van der Waals surface area (Å²) < 4.78 is 26.6. The second-order valence-electron chi connectivity index (χ2n) is 4.93. The zero-order valence-corrected chi connectivity index (χ0v) is 12.4. The van der Waals surface area contributed by atoms with Crippen molar-refractivity contribution >= 4 is 15.9 Å². The van der Waals surface area contributed by atoms with Crippen molar-refractivity contribution in [3.05, 3.63) is 11.9 Å². The molecule has 0 radical (unpaired) electrons. The van der Waals surface area contributed by atoms with Gasteiger partial charge in [0, 0.05) is 19.6 Å². The molecule has 1 aromatic rings. The number of aromatic nitrogens is 3. The molecule has 1 saturated heterocycles. The fraction of sp³-hybridized carbons (Fsp3) is 0.727. The van der Waals surface area contributed by atoms with Crippen LogP contribution in [0.2, 0.25) is 0 Å². The average Bonchev–Trinajstić information content (AvgIpc) is 2.86. The smallest absolute Gasteiger partial charge is 0.273 e. The van der Waals surface area contributed by atoms with Gasteiger partial charge in [-0.3, -0.25) is 9.48 Å². The molecule has 2 rings (SSSR count). The van der Waals surface area contributed by atoms with Crippen LogP contribution in [0.5, 0.6) is 0 Å². The molecule has 20 heavy (non-hydrogen) atoms. The van der Waals surface area contributed by atoms with Crippen LogP contribution in [0.15, 0.2) is 6.20 Å². The van der Waals surface area contributed by atoms with Crippen molar-refractivity contribution in [3.8, 4) is 0 Å². The molecule has 0 saturated carbocycles. The van der Waals surface area contributed by atoms with Gasteiger partial charge in [-0.25, -0.2) is 8.42 Å². The molecule has 0 bridgehead atoms. The minimum absolute atomic E-state index is 0.127. The van der Waals surface area contributed by atoms with E-state index in [9.17, 15) is 13.2 Å². The first kappa shape index (κ1) is 14.9. The van der Waals surface area contributed by atoms with Gasteiger partial charge in [-0.15, -0.1) is 5.10 Å². The normalized spacial score (nSPS) is 20.8. The number of nitrogens with one attached hydrogen (secondary N) is 1. The first-order chi connectivity index (χ1) is 9.41. The summed E-state index contributed by atoms with van der Waals surface area (Å²) in [6, 6.07) is -0.127. The van der Waals surface area contributed by atoms with Crippen molar-refractivity contribution in [2.75, 3.05) is 19.8 Å². The second-order valence-corrected chi connectivity index (χ2v) is 6.86. The van der Waals surface area contributed by atoms with E-state index in [1.165, 1.54) is 28.5 Å². The Hall–Kier alpha value is -1.48. The predicted molar refractivity (Wildman–Crippen MR) is 72.6 cm³/mol. The highest BCUT2D eigenvalue weighted by atomic mass is 32.2. The molecule has 0 spiro atoms. The second kappa shape index (κ2) is 5.88. The lowest BCUT2D eigenvalue weighted by Gasteiger charge is -2.33. The Morgan fingerprint density at radius 3 is 2.90 bits per heavy atom. The summed E-state index contributed by atoms with van der Waals surface area (Å²) in [7, 11) is -1.70. The van der Waals surface area contributed by atoms with E-state index in [0.717, 1.165) is 19.3 Å². The molecule has 0 aromatic carbocycles. The molecule has 112 valence electrons. The zero-order valence-electron chi connectivity index (χ0n) is 11.6. The number of hydrogen-bond donors (Lipinski definition) is 1. The van der Waals surface area contributed by atoms with E-state index >= 15 is 0 Å². The summed E-state index contributed by atoms with van der Waals surface area (Å²) >= 11 is 0. The monoisotopic (exact) mass is 301 g/mol. The van der Waals surface area contributed by atoms with Crippen LogP contribution in [-0.2, 0) is 16.6 Å². The number of sulfonamides is 1. The molecule has 1 aliphatic rings. The first-order valence-corrected chi connectivity index (χ1v) is 8.35. The van der Waals surface area contributed by atoms with Crippen LogP contribution >= 0.6 is 0 Å². The number of carbonyl (C=O) groups excluding carboxylic acids is 1. The highest BCUT2D eigenvalue weighted by Crippen LogP contribution is 2.21. The molecule has 0 aliphatic carbocycles. The number of hydrogen-bond acceptors (Lipinski definition) is 5. The molecule has 1 fully saturated rings. The van der Waals surface area contributed by atoms with Gasteiger partial charge in [-0.05, 0) is 12.8 Å². The summed E-state index contributed by atoms with van der Waals surface area (Å²) in [5, 5.41) is 10.1. The topological polar surface area (TPSA) is 97.2 Å². The van der Waals surface area contributed by atoms with Crippen LogP contribution in [0.4, 0.5) is 0 Å². The maximum atomic E-state index is 11.8. The van der Waals surface area contributed by atoms with Gasteiger partial charge in [0.1, 0.15) is 0 Å². The Kier molecular flexibility index (Phi) is 4.39. The standard InChI is InChI=1S/C11H19N5O3S/c1-12-11(17)10-8-15(14-13-10)7-9-5-3-4-6-16(9)20(2,18)19/h8-9H,3-7H2,1-2H3,(H,12,17)/t9-/m1/s1. The summed E-state index contributed by atoms with van der Waals surface area (Å²) in [6.45, 7) is 0.956. The molecule has 0 unspecified atom stereocenters. The van der Waals surface area contributed by atoms with Crippen LogP contribution in [0.1, 0.15) is 29.8 Å². The lowest BCUT2D eigenvalue weighted by Crippen LogP contribution is -2.45. The van der Waals surface area contributed by atoms with Crippen LogP contribution < -0.4 is 5.32 Å². The molecular weight excluding hydrogens is 282 g/mol. The lowest BCUT2D eigenvalue weighted by molar-refractivity contribution is 0.0958. The van der Waals surface area contributed by atoms with E-state index in [4.69, 9.17) is 0 Å². The van der Waals surface area contributed by atoms with Crippen LogP contribution in [-0.4, -0.2) is 59.5 Å². The van der Waals surface area contributed by atoms with Crippen LogP contribution in [0.25, 0.3) is 0 Å². The van der Waals surface area contributed by atoms with Gasteiger partial charge in [0.2, 0.25) is 10.0 Å². The van der Waals surface area contributed by atoms with Gasteiger partial charge in [0.15, 0.2) is 5.69 Å². The van der Waals surface area contributed by atoms with Crippen molar-refractivity contribution < 1.29 is 13.2 Å². The number of carbonyl (C=O) groups is 1. The van der Waals surface area contributed by atoms with E-state index in [-0.39, 0.29) is 17.6 Å². The predicted octanol–water partition coefficient (Wildman–Crippen LogP) is -0.548. The van der Waals surface area contributed by atoms with Gasteiger partial charge in [-0.1, -0.05) is 11.6 Å². The van der Waals surface area contributed by atoms with E-state index < -0.39 is 10.0 Å². The van der Waals surface area contributed by atoms with Crippen molar-refractivity contribution in [1.29, 1.82) is 0 Å². The maximum Gasteiger partial charge on any atom is 0.273 e. The van der Waals surface area contributed by atoms with Crippen molar-refractivity contribution in [1.82, 2.24) is 24.6 Å². The van der Waals surface area contributed by atoms with Gasteiger partial charge >= 0.3 is 0 Å². The largest absolute Gasteiger partial charge is 0.354 e. The maximum absolute atomic E-state index is 11.8. The molecule has 1 amide bonds. The van der Waals surface area contributed by atoms with Crippen molar-refractivity contribution in [2.45, 2.75) is 31.8 Å². The summed E-state index contributed by atoms with van der Waals surface area (Å²) in [6.07, 6.45) is 5.43. The third-order valence-electron chi connectivity index (χ3n) is 3.40. The highest BCUT2D eigenvalue weighted by Gasteiger charge is 2.29. The Bertz CT molecular complexity index is 583. The molecule has 1 aromatic heterocycles. The molecule has 1 aliphatic heterocycles. The summed E-state index contributed by atoms with van der Waals surface area (Å²) in [4.78, 5) is 11.4. The van der Waals surface area contributed by atoms with E-state index in [1.54, 1.807) is 0 Å². The number of rotatable bonds is 4. The van der Waals surface area contributed by atoms with Gasteiger partial charge < -0.3 is 5.32 Å². The summed E-state index contributed by atoms with van der Waals surface area (Å²) in [5.41, 5.74) is 0.231. The first-order valence-electron chi connectivity index (χ1n) is 6.51. The van der Waals surface area contributed by atoms with Gasteiger partial charge in [0.05, 0.1) is 19.0 Å². The Morgan fingerprint density at radius 1 is 1.50 bits per heavy atom. The van der Waals surface area contributed by atoms with E-state index in [1.807, 2.05) is 0 Å². The Morgan fingerprint density at radius 2 is 2.25 bits per heavy atom. The zero-order chi connectivity index (χ0) is 14.8. The third kappa shape index (κ3) is 3.34. The fourth-order valence-corrected chi connectivity index (χ4v) is 3.60. The fourth-order valence-electron chi connectivity index (χ4n) is 2.43. The van der Waals surface area contributed by atoms with Crippen molar-refractivity contribution in [2.24, 2.45) is 0 Å². The molecule has 9 heteroatoms. The number of nitrogens with zero attached hydrogens (tertiary/aromatic N) is 4. The third-order valence-corrected chi connectivity index (χ3v) is 4.73. The van der Waals surface area contributed by atoms with Gasteiger partial charge in [0.25, 0.3) is 5.91 Å². The number of piperidine rings is 1. The van der Waals surface area contributed by atoms with E-state index in [2.05, 4.69) is 15.6 Å². The van der Waals surface area contributed by atoms with Gasteiger partial charge in [-0.2, -0.15) is 4.31 Å². The lowest BCUT2D eigenvalue weighted by atomic mass is 10.1. The average molecular weight is 301 g/mol. The molecule has 1 N–H and O–H groups in total. The minimum Gasteiger partial charge on any atom is -0.354 e. The van der Waals surface area contributed by atoms with Crippen LogP contribution in [0, 0.1) is 0 Å². The highest BCUT2D eigenvalue weighted by molar-refractivity contribution is 7.88. The quantitative estimate of drug-likeness (QED) is 0.805. The summed E-state index contributed by atoms with van der Waals surface area (Å²) in [5.74, 6) is -0.306. The molecule has 2 heterocycles. The molecule has 8 nitrogen and oxygen atoms in total. The van der Waals surface area contributed by atoms with E-state index in [0.29, 0.717) is 13.1 Å². The minimum atomic E-state index is -3.22. The molecule has 1 atom stereocenters. The Labute approximate surface area is 118 Å².